The summed E-state index contributed by atoms with van der Waals surface area (Å²) in [5.41, 5.74) is 1.00. The van der Waals surface area contributed by atoms with E-state index in [4.69, 9.17) is 0 Å². The van der Waals surface area contributed by atoms with E-state index in [1.807, 2.05) is 6.92 Å². The van der Waals surface area contributed by atoms with E-state index in [2.05, 4.69) is 20.8 Å². The van der Waals surface area contributed by atoms with Gasteiger partial charge in [-0.15, -0.1) is 0 Å². The molecular weight excluding hydrogens is 192 g/mol. The maximum Gasteiger partial charge on any atom is 0.223 e. The Kier molecular flexibility index (Phi) is 3.01. The molecule has 1 unspecified atom stereocenters. The van der Waals surface area contributed by atoms with Crippen molar-refractivity contribution in [2.75, 3.05) is 13.1 Å². The quantitative estimate of drug-likeness (QED) is 0.646. The fraction of sp³-hybridized carbons (Fsp3) is 0.600. The predicted molar refractivity (Wildman–Crippen MR) is 56.0 cm³/mol. The third-order valence-electron chi connectivity index (χ3n) is 2.96. The first-order valence-corrected chi connectivity index (χ1v) is 5.23. The third kappa shape index (κ3) is 2.36. The van der Waals surface area contributed by atoms with Crippen LogP contribution in [0.4, 0.5) is 0 Å². The summed E-state index contributed by atoms with van der Waals surface area (Å²) in [5.74, 6) is 0.718. The van der Waals surface area contributed by atoms with Crippen molar-refractivity contribution in [2.24, 2.45) is 11.8 Å². The Labute approximate surface area is 88.6 Å². The minimum absolute atomic E-state index is 0.0955. The molecule has 0 aliphatic carbocycles. The molecule has 5 nitrogen and oxygen atoms in total. The minimum atomic E-state index is 0.0955. The maximum absolute atomic E-state index is 11.7. The van der Waals surface area contributed by atoms with Crippen LogP contribution in [0.1, 0.15) is 12.5 Å². The molecule has 1 aliphatic heterocycles. The molecule has 82 valence electrons. The van der Waals surface area contributed by atoms with Crippen molar-refractivity contribution >= 4 is 5.91 Å². The summed E-state index contributed by atoms with van der Waals surface area (Å²) in [7, 11) is 0. The highest BCUT2D eigenvalue weighted by molar-refractivity contribution is 5.78. The van der Waals surface area contributed by atoms with Crippen LogP contribution in [0.15, 0.2) is 12.4 Å². The Bertz CT molecular complexity index is 318. The van der Waals surface area contributed by atoms with Gasteiger partial charge < -0.3 is 10.6 Å². The lowest BCUT2D eigenvalue weighted by atomic mass is 9.88. The number of carbonyl (C=O) groups is 1. The molecule has 1 aromatic rings. The van der Waals surface area contributed by atoms with Gasteiger partial charge in [-0.05, 0) is 19.0 Å². The molecule has 1 aromatic heterocycles. The van der Waals surface area contributed by atoms with Crippen molar-refractivity contribution in [1.29, 1.82) is 0 Å². The Morgan fingerprint density at radius 3 is 3.07 bits per heavy atom. The molecule has 1 amide bonds. The standard InChI is InChI=1S/C10H16N4O/c1-7(9-5-11-6-9)10(15)12-2-8-3-13-14-4-8/h3-4,7,9,11H,2,5-6H2,1H3,(H,12,15)(H,13,14). The minimum Gasteiger partial charge on any atom is -0.352 e. The molecule has 1 aliphatic rings. The highest BCUT2D eigenvalue weighted by atomic mass is 16.1. The van der Waals surface area contributed by atoms with E-state index in [0.717, 1.165) is 18.7 Å². The number of nitrogens with zero attached hydrogens (tertiary/aromatic N) is 1. The first kappa shape index (κ1) is 10.2. The lowest BCUT2D eigenvalue weighted by Gasteiger charge is -2.31. The summed E-state index contributed by atoms with van der Waals surface area (Å²) in [6.07, 6.45) is 3.51. The molecule has 2 heterocycles. The number of H-pyrrole nitrogens is 1. The largest absolute Gasteiger partial charge is 0.352 e. The molecule has 2 rings (SSSR count). The first-order chi connectivity index (χ1) is 7.27. The van der Waals surface area contributed by atoms with Crippen LogP contribution < -0.4 is 10.6 Å². The lowest BCUT2D eigenvalue weighted by molar-refractivity contribution is -0.126. The van der Waals surface area contributed by atoms with Crippen molar-refractivity contribution in [3.8, 4) is 0 Å². The van der Waals surface area contributed by atoms with Crippen LogP contribution in [0.3, 0.4) is 0 Å². The van der Waals surface area contributed by atoms with Crippen LogP contribution in [0.25, 0.3) is 0 Å². The summed E-state index contributed by atoms with van der Waals surface area (Å²) in [6, 6.07) is 0. The molecule has 1 atom stereocenters. The van der Waals surface area contributed by atoms with Gasteiger partial charge in [0.1, 0.15) is 0 Å². The number of aromatic nitrogens is 2. The number of rotatable bonds is 4. The Morgan fingerprint density at radius 2 is 2.53 bits per heavy atom. The van der Waals surface area contributed by atoms with E-state index in [9.17, 15) is 4.79 Å². The smallest absolute Gasteiger partial charge is 0.223 e. The van der Waals surface area contributed by atoms with Crippen molar-refractivity contribution in [3.05, 3.63) is 18.0 Å². The molecule has 5 heteroatoms. The van der Waals surface area contributed by atoms with Crippen molar-refractivity contribution in [3.63, 3.8) is 0 Å². The topological polar surface area (TPSA) is 69.8 Å². The Hall–Kier alpha value is -1.36. The summed E-state index contributed by atoms with van der Waals surface area (Å²) >= 11 is 0. The number of nitrogens with one attached hydrogen (secondary N) is 3. The normalized spacial score (nSPS) is 18.2. The molecule has 0 spiro atoms. The van der Waals surface area contributed by atoms with E-state index in [0.29, 0.717) is 12.5 Å². The zero-order valence-corrected chi connectivity index (χ0v) is 8.79. The van der Waals surface area contributed by atoms with Gasteiger partial charge in [0.25, 0.3) is 0 Å². The van der Waals surface area contributed by atoms with Gasteiger partial charge in [0, 0.05) is 24.2 Å². The van der Waals surface area contributed by atoms with Crippen LogP contribution in [0, 0.1) is 11.8 Å². The Morgan fingerprint density at radius 1 is 1.73 bits per heavy atom. The maximum atomic E-state index is 11.7. The summed E-state index contributed by atoms with van der Waals surface area (Å²) in [5, 5.41) is 12.6. The van der Waals surface area contributed by atoms with E-state index in [-0.39, 0.29) is 11.8 Å². The van der Waals surface area contributed by atoms with Gasteiger partial charge in [-0.1, -0.05) is 6.92 Å². The number of amides is 1. The lowest BCUT2D eigenvalue weighted by Crippen LogP contribution is -2.49. The van der Waals surface area contributed by atoms with Crippen molar-refractivity contribution in [1.82, 2.24) is 20.8 Å². The number of carbonyl (C=O) groups excluding carboxylic acids is 1. The SMILES string of the molecule is CC(C(=O)NCc1cn[nH]c1)C1CNC1. The summed E-state index contributed by atoms with van der Waals surface area (Å²) < 4.78 is 0. The zero-order chi connectivity index (χ0) is 10.7. The first-order valence-electron chi connectivity index (χ1n) is 5.23. The molecule has 0 saturated carbocycles. The van der Waals surface area contributed by atoms with Gasteiger partial charge >= 0.3 is 0 Å². The zero-order valence-electron chi connectivity index (χ0n) is 8.79. The molecule has 0 aromatic carbocycles. The van der Waals surface area contributed by atoms with E-state index in [1.54, 1.807) is 12.4 Å². The molecule has 3 N–H and O–H groups in total. The molecular formula is C10H16N4O. The molecule has 1 fully saturated rings. The highest BCUT2D eigenvalue weighted by Gasteiger charge is 2.28. The van der Waals surface area contributed by atoms with Gasteiger partial charge in [-0.25, -0.2) is 0 Å². The number of hydrogen-bond acceptors (Lipinski definition) is 3. The fourth-order valence-electron chi connectivity index (χ4n) is 1.60. The predicted octanol–water partition coefficient (Wildman–Crippen LogP) is -0.119. The van der Waals surface area contributed by atoms with Crippen LogP contribution >= 0.6 is 0 Å². The van der Waals surface area contributed by atoms with E-state index >= 15 is 0 Å². The van der Waals surface area contributed by atoms with Gasteiger partial charge in [0.15, 0.2) is 0 Å². The summed E-state index contributed by atoms with van der Waals surface area (Å²) in [4.78, 5) is 11.7. The van der Waals surface area contributed by atoms with Gasteiger partial charge in [-0.2, -0.15) is 5.10 Å². The number of hydrogen-bond donors (Lipinski definition) is 3. The average Bonchev–Trinajstić information content (AvgIpc) is 2.63. The van der Waals surface area contributed by atoms with Crippen molar-refractivity contribution in [2.45, 2.75) is 13.5 Å². The second-order valence-corrected chi connectivity index (χ2v) is 4.03. The van der Waals surface area contributed by atoms with Crippen LogP contribution in [-0.2, 0) is 11.3 Å². The van der Waals surface area contributed by atoms with Gasteiger partial charge in [0.05, 0.1) is 6.20 Å². The van der Waals surface area contributed by atoms with Crippen LogP contribution in [-0.4, -0.2) is 29.2 Å². The third-order valence-corrected chi connectivity index (χ3v) is 2.96. The van der Waals surface area contributed by atoms with Crippen LogP contribution in [0.2, 0.25) is 0 Å². The number of aromatic amines is 1. The molecule has 0 radical (unpaired) electrons. The van der Waals surface area contributed by atoms with Crippen molar-refractivity contribution < 1.29 is 4.79 Å². The molecule has 0 bridgehead atoms. The van der Waals surface area contributed by atoms with E-state index in [1.165, 1.54) is 0 Å². The summed E-state index contributed by atoms with van der Waals surface area (Å²) in [6.45, 7) is 4.45. The van der Waals surface area contributed by atoms with Gasteiger partial charge in [0.2, 0.25) is 5.91 Å². The second kappa shape index (κ2) is 4.44. The fourth-order valence-corrected chi connectivity index (χ4v) is 1.60. The second-order valence-electron chi connectivity index (χ2n) is 4.03. The monoisotopic (exact) mass is 208 g/mol. The Balaban J connectivity index is 1.76. The van der Waals surface area contributed by atoms with Gasteiger partial charge in [-0.3, -0.25) is 9.89 Å². The average molecular weight is 208 g/mol. The van der Waals surface area contributed by atoms with E-state index < -0.39 is 0 Å². The highest BCUT2D eigenvalue weighted by Crippen LogP contribution is 2.15. The molecule has 1 saturated heterocycles. The van der Waals surface area contributed by atoms with Crippen LogP contribution in [0.5, 0.6) is 0 Å². The molecule has 15 heavy (non-hydrogen) atoms.